The lowest BCUT2D eigenvalue weighted by Crippen LogP contribution is -2.08. The van der Waals surface area contributed by atoms with Gasteiger partial charge in [0, 0.05) is 42.8 Å². The van der Waals surface area contributed by atoms with E-state index in [9.17, 15) is 18.0 Å². The van der Waals surface area contributed by atoms with Gasteiger partial charge in [-0.2, -0.15) is 13.2 Å². The summed E-state index contributed by atoms with van der Waals surface area (Å²) < 4.78 is 44.4. The Bertz CT molecular complexity index is 1430. The smallest absolute Gasteiger partial charge is 0.355 e. The van der Waals surface area contributed by atoms with Crippen LogP contribution in [-0.4, -0.2) is 31.6 Å². The summed E-state index contributed by atoms with van der Waals surface area (Å²) >= 11 is 0. The third kappa shape index (κ3) is 4.72. The first-order valence-corrected chi connectivity index (χ1v) is 10.8. The van der Waals surface area contributed by atoms with E-state index in [4.69, 9.17) is 4.52 Å². The maximum atomic E-state index is 13.0. The number of ketones is 1. The molecule has 7 nitrogen and oxygen atoms in total. The number of hydrogen-bond donors (Lipinski definition) is 0. The highest BCUT2D eigenvalue weighted by molar-refractivity contribution is 6.04. The molecule has 10 heteroatoms. The van der Waals surface area contributed by atoms with E-state index in [1.54, 1.807) is 36.7 Å². The first-order chi connectivity index (χ1) is 16.8. The number of fused-ring (bicyclic) bond motifs is 1. The molecule has 0 N–H and O–H groups in total. The Labute approximate surface area is 197 Å². The Morgan fingerprint density at radius 1 is 1.09 bits per heavy atom. The van der Waals surface area contributed by atoms with Crippen molar-refractivity contribution in [3.63, 3.8) is 0 Å². The van der Waals surface area contributed by atoms with Gasteiger partial charge in [-0.3, -0.25) is 9.78 Å². The molecule has 5 rings (SSSR count). The number of aliphatic imine (C=N–C) groups is 1. The van der Waals surface area contributed by atoms with E-state index in [1.165, 1.54) is 12.4 Å². The maximum Gasteiger partial charge on any atom is 0.416 e. The van der Waals surface area contributed by atoms with Gasteiger partial charge in [0.05, 0.1) is 28.4 Å². The highest BCUT2D eigenvalue weighted by atomic mass is 19.4. The van der Waals surface area contributed by atoms with Crippen LogP contribution in [0, 0.1) is 0 Å². The number of aromatic nitrogens is 4. The van der Waals surface area contributed by atoms with E-state index >= 15 is 0 Å². The molecular weight excluding hydrogens is 459 g/mol. The average molecular weight is 477 g/mol. The van der Waals surface area contributed by atoms with Crippen molar-refractivity contribution < 1.29 is 22.5 Å². The van der Waals surface area contributed by atoms with Crippen LogP contribution in [0.2, 0.25) is 0 Å². The SMILES string of the molecule is C[C@@H](CC(=O)c1cc(-c2ccncc2)ncn1)c1cc(C2=Nc3ccc(C(F)(F)F)cc3C2)on1. The topological polar surface area (TPSA) is 94.1 Å². The zero-order valence-electron chi connectivity index (χ0n) is 18.5. The zero-order chi connectivity index (χ0) is 24.6. The number of nitrogens with zero attached hydrogens (tertiary/aromatic N) is 5. The molecule has 4 heterocycles. The number of carbonyl (C=O) groups is 1. The number of halogens is 3. The average Bonchev–Trinajstić information content (AvgIpc) is 3.51. The van der Waals surface area contributed by atoms with Crippen LogP contribution in [0.4, 0.5) is 18.9 Å². The quantitative estimate of drug-likeness (QED) is 0.336. The minimum absolute atomic E-state index is 0.139. The second-order valence-corrected chi connectivity index (χ2v) is 8.25. The molecule has 1 aliphatic rings. The Morgan fingerprint density at radius 3 is 2.66 bits per heavy atom. The third-order valence-electron chi connectivity index (χ3n) is 5.76. The lowest BCUT2D eigenvalue weighted by molar-refractivity contribution is -0.137. The van der Waals surface area contributed by atoms with E-state index in [-0.39, 0.29) is 24.5 Å². The van der Waals surface area contributed by atoms with E-state index < -0.39 is 11.7 Å². The summed E-state index contributed by atoms with van der Waals surface area (Å²) in [5, 5.41) is 4.06. The summed E-state index contributed by atoms with van der Waals surface area (Å²) in [5.41, 5.74) is 3.02. The molecule has 1 aromatic carbocycles. The Kier molecular flexibility index (Phi) is 5.72. The van der Waals surface area contributed by atoms with Gasteiger partial charge in [-0.15, -0.1) is 0 Å². The first-order valence-electron chi connectivity index (χ1n) is 10.8. The predicted molar refractivity (Wildman–Crippen MR) is 120 cm³/mol. The minimum Gasteiger partial charge on any atom is -0.355 e. The molecule has 0 unspecified atom stereocenters. The number of Topliss-reactive ketones (excluding diaryl/α,β-unsaturated/α-hetero) is 1. The molecule has 1 aliphatic heterocycles. The number of hydrogen-bond acceptors (Lipinski definition) is 7. The van der Waals surface area contributed by atoms with Crippen molar-refractivity contribution in [1.29, 1.82) is 0 Å². The summed E-state index contributed by atoms with van der Waals surface area (Å²) in [7, 11) is 0. The van der Waals surface area contributed by atoms with E-state index in [0.717, 1.165) is 17.7 Å². The van der Waals surface area contributed by atoms with Gasteiger partial charge in [-0.25, -0.2) is 15.0 Å². The Hall–Kier alpha value is -4.21. The maximum absolute atomic E-state index is 13.0. The molecule has 0 radical (unpaired) electrons. The summed E-state index contributed by atoms with van der Waals surface area (Å²) in [6.45, 7) is 1.84. The second-order valence-electron chi connectivity index (χ2n) is 8.25. The molecule has 4 aromatic rings. The molecule has 0 spiro atoms. The fraction of sp³-hybridized carbons (Fsp3) is 0.200. The molecular formula is C25H18F3N5O2. The van der Waals surface area contributed by atoms with E-state index in [0.29, 0.717) is 39.8 Å². The van der Waals surface area contributed by atoms with Crippen LogP contribution in [-0.2, 0) is 12.6 Å². The zero-order valence-corrected chi connectivity index (χ0v) is 18.5. The van der Waals surface area contributed by atoms with Crippen LogP contribution in [0.5, 0.6) is 0 Å². The van der Waals surface area contributed by atoms with Crippen LogP contribution < -0.4 is 0 Å². The summed E-state index contributed by atoms with van der Waals surface area (Å²) in [6, 6.07) is 10.4. The second kappa shape index (κ2) is 8.86. The van der Waals surface area contributed by atoms with Gasteiger partial charge in [0.2, 0.25) is 0 Å². The molecule has 0 saturated heterocycles. The van der Waals surface area contributed by atoms with Crippen molar-refractivity contribution in [2.45, 2.75) is 31.9 Å². The van der Waals surface area contributed by atoms with Crippen LogP contribution in [0.3, 0.4) is 0 Å². The molecule has 1 atom stereocenters. The van der Waals surface area contributed by atoms with Crippen LogP contribution in [0.1, 0.15) is 52.3 Å². The highest BCUT2D eigenvalue weighted by Crippen LogP contribution is 2.36. The first kappa shape index (κ1) is 22.6. The van der Waals surface area contributed by atoms with Crippen LogP contribution >= 0.6 is 0 Å². The molecule has 0 aliphatic carbocycles. The van der Waals surface area contributed by atoms with Gasteiger partial charge in [-0.1, -0.05) is 12.1 Å². The van der Waals surface area contributed by atoms with Crippen molar-refractivity contribution in [3.05, 3.63) is 89.5 Å². The number of benzene rings is 1. The van der Waals surface area contributed by atoms with Crippen molar-refractivity contribution in [2.75, 3.05) is 0 Å². The van der Waals surface area contributed by atoms with Crippen LogP contribution in [0.25, 0.3) is 11.3 Å². The van der Waals surface area contributed by atoms with Gasteiger partial charge >= 0.3 is 6.18 Å². The molecule has 0 bridgehead atoms. The number of pyridine rings is 1. The van der Waals surface area contributed by atoms with E-state index in [1.807, 2.05) is 6.92 Å². The third-order valence-corrected chi connectivity index (χ3v) is 5.76. The molecule has 3 aromatic heterocycles. The van der Waals surface area contributed by atoms with Gasteiger partial charge in [-0.05, 0) is 42.0 Å². The molecule has 176 valence electrons. The summed E-state index contributed by atoms with van der Waals surface area (Å²) in [6.07, 6.45) is 0.571. The van der Waals surface area contributed by atoms with Gasteiger partial charge < -0.3 is 4.52 Å². The monoisotopic (exact) mass is 477 g/mol. The lowest BCUT2D eigenvalue weighted by Gasteiger charge is -2.07. The normalized spacial score (nSPS) is 13.9. The molecule has 0 saturated carbocycles. The Balaban J connectivity index is 1.28. The minimum atomic E-state index is -4.41. The molecule has 0 amide bonds. The van der Waals surface area contributed by atoms with Crippen LogP contribution in [0.15, 0.2) is 70.7 Å². The molecule has 0 fully saturated rings. The van der Waals surface area contributed by atoms with Crippen molar-refractivity contribution in [3.8, 4) is 11.3 Å². The summed E-state index contributed by atoms with van der Waals surface area (Å²) in [4.78, 5) is 29.6. The Morgan fingerprint density at radius 2 is 1.89 bits per heavy atom. The fourth-order valence-electron chi connectivity index (χ4n) is 3.85. The van der Waals surface area contributed by atoms with Gasteiger partial charge in [0.1, 0.15) is 12.0 Å². The summed E-state index contributed by atoms with van der Waals surface area (Å²) in [5.74, 6) is -0.0864. The molecule has 35 heavy (non-hydrogen) atoms. The van der Waals surface area contributed by atoms with Crippen molar-refractivity contribution >= 4 is 17.2 Å². The van der Waals surface area contributed by atoms with Crippen molar-refractivity contribution in [1.82, 2.24) is 20.1 Å². The number of rotatable bonds is 6. The van der Waals surface area contributed by atoms with Crippen molar-refractivity contribution in [2.24, 2.45) is 4.99 Å². The number of carbonyl (C=O) groups excluding carboxylic acids is 1. The number of alkyl halides is 3. The fourth-order valence-corrected chi connectivity index (χ4v) is 3.85. The lowest BCUT2D eigenvalue weighted by atomic mass is 9.98. The predicted octanol–water partition coefficient (Wildman–Crippen LogP) is 5.60. The largest absolute Gasteiger partial charge is 0.416 e. The van der Waals surface area contributed by atoms with Gasteiger partial charge in [0.25, 0.3) is 0 Å². The van der Waals surface area contributed by atoms with E-state index in [2.05, 4.69) is 25.1 Å². The highest BCUT2D eigenvalue weighted by Gasteiger charge is 2.32. The van der Waals surface area contributed by atoms with Gasteiger partial charge in [0.15, 0.2) is 11.5 Å². The standard InChI is InChI=1S/C25H18F3N5O2/c1-14(8-23(34)21-11-20(30-13-31-21)15-4-6-29-7-5-15)19-12-24(35-33-19)22-10-16-9-17(25(26,27)28)2-3-18(16)32-22/h2-7,9,11-14H,8,10H2,1H3/t14-/m0/s1.